The van der Waals surface area contributed by atoms with Crippen LogP contribution in [0, 0.1) is 17.6 Å². The van der Waals surface area contributed by atoms with Gasteiger partial charge < -0.3 is 25.1 Å². The number of aromatic nitrogens is 6. The minimum absolute atomic E-state index is 0.0154. The highest BCUT2D eigenvalue weighted by atomic mass is 35.5. The molecule has 0 aliphatic heterocycles. The van der Waals surface area contributed by atoms with Gasteiger partial charge >= 0.3 is 20.2 Å². The molecule has 442 valence electrons. The van der Waals surface area contributed by atoms with Crippen molar-refractivity contribution >= 4 is 67.7 Å². The minimum atomic E-state index is -5.28. The van der Waals surface area contributed by atoms with Gasteiger partial charge in [-0.1, -0.05) is 43.6 Å². The number of alkyl halides is 8. The molecule has 1 aliphatic carbocycles. The lowest BCUT2D eigenvalue weighted by Crippen LogP contribution is -2.50. The number of phosphoric acid groups is 1. The van der Waals surface area contributed by atoms with Crippen LogP contribution in [0.15, 0.2) is 60.8 Å². The molecular weight excluding hydrogens is 1180 g/mol. The van der Waals surface area contributed by atoms with E-state index < -0.39 is 163 Å². The summed E-state index contributed by atoms with van der Waals surface area (Å²) in [5.41, 5.74) is -5.87. The van der Waals surface area contributed by atoms with E-state index in [0.717, 1.165) is 62.5 Å². The second-order valence-electron chi connectivity index (χ2n) is 20.0. The predicted molar refractivity (Wildman–Crippen MR) is 274 cm³/mol. The fourth-order valence-electron chi connectivity index (χ4n) is 9.32. The van der Waals surface area contributed by atoms with E-state index >= 15 is 8.78 Å². The summed E-state index contributed by atoms with van der Waals surface area (Å²) in [6.45, 7) is 0.698. The lowest BCUT2D eigenvalue weighted by atomic mass is 9.93. The number of carbonyl (C=O) groups is 1. The maximum absolute atomic E-state index is 15.9. The van der Waals surface area contributed by atoms with E-state index in [1.54, 1.807) is 0 Å². The van der Waals surface area contributed by atoms with Crippen LogP contribution in [0.1, 0.15) is 85.5 Å². The van der Waals surface area contributed by atoms with Crippen molar-refractivity contribution in [3.63, 3.8) is 0 Å². The molecule has 0 spiro atoms. The highest BCUT2D eigenvalue weighted by Crippen LogP contribution is 2.55. The van der Waals surface area contributed by atoms with Crippen LogP contribution in [-0.4, -0.2) is 104 Å². The molecule has 0 saturated carbocycles. The SMILES string of the molecule is C[C@@H]1c2c(C(F)(F)F)nn(CC(=O)N[C@@H](Cc3cc(F)cc(F)c3)c3nc(CCC(C)(C)S(C)(=O)=O)ccc3-c3ccc(Cl)c4c(N(C(O)N(C)c5ncccc5COP(=O)(O)O)S(C)(=O)=O)nn(CC(F)(F)F)c34)c2C(F)(F)[C@@H]1C. The number of aliphatic hydroxyl groups excluding tert-OH is 1. The number of hydrogen-bond acceptors (Lipinski definition) is 13. The number of amides is 1. The Kier molecular flexibility index (Phi) is 17.3. The summed E-state index contributed by atoms with van der Waals surface area (Å²) in [6.07, 6.45) is -11.4. The molecule has 4 atom stereocenters. The lowest BCUT2D eigenvalue weighted by molar-refractivity contribution is -0.143. The maximum Gasteiger partial charge on any atom is 0.469 e. The number of nitrogens with one attached hydrogen (secondary N) is 1. The number of nitrogens with zero attached hydrogens (tertiary/aromatic N) is 8. The van der Waals surface area contributed by atoms with Gasteiger partial charge in [-0.3, -0.25) is 23.7 Å². The highest BCUT2D eigenvalue weighted by Gasteiger charge is 2.57. The lowest BCUT2D eigenvalue weighted by Gasteiger charge is -2.33. The monoisotopic (exact) mass is 1230 g/mol. The van der Waals surface area contributed by atoms with Crippen LogP contribution in [0.2, 0.25) is 5.02 Å². The number of carbonyl (C=O) groups excluding carboxylic acids is 1. The molecule has 81 heavy (non-hydrogen) atoms. The zero-order valence-corrected chi connectivity index (χ0v) is 46.8. The van der Waals surface area contributed by atoms with Gasteiger partial charge in [0.2, 0.25) is 22.3 Å². The summed E-state index contributed by atoms with van der Waals surface area (Å²) in [5, 5.41) is 20.7. The van der Waals surface area contributed by atoms with Crippen molar-refractivity contribution in [2.45, 2.75) is 108 Å². The third kappa shape index (κ3) is 13.5. The van der Waals surface area contributed by atoms with Crippen molar-refractivity contribution in [2.24, 2.45) is 5.92 Å². The number of benzene rings is 2. The Labute approximate surface area is 461 Å². The summed E-state index contributed by atoms with van der Waals surface area (Å²) in [5.74, 6) is -12.1. The van der Waals surface area contributed by atoms with Gasteiger partial charge in [0.25, 0.3) is 5.92 Å². The summed E-state index contributed by atoms with van der Waals surface area (Å²) in [6, 6.07) is 7.53. The summed E-state index contributed by atoms with van der Waals surface area (Å²) in [4.78, 5) is 42.6. The van der Waals surface area contributed by atoms with Crippen molar-refractivity contribution in [1.82, 2.24) is 34.8 Å². The molecule has 4 N–H and O–H groups in total. The van der Waals surface area contributed by atoms with Crippen LogP contribution in [0.5, 0.6) is 0 Å². The molecule has 7 rings (SSSR count). The number of aryl methyl sites for hydroxylation is 1. The van der Waals surface area contributed by atoms with E-state index in [0.29, 0.717) is 12.3 Å². The summed E-state index contributed by atoms with van der Waals surface area (Å²) < 4.78 is 218. The normalized spacial score (nSPS) is 16.9. The Morgan fingerprint density at radius 1 is 0.938 bits per heavy atom. The van der Waals surface area contributed by atoms with E-state index in [2.05, 4.69) is 25.0 Å². The summed E-state index contributed by atoms with van der Waals surface area (Å²) >= 11 is 6.77. The first kappa shape index (κ1) is 62.6. The predicted octanol–water partition coefficient (Wildman–Crippen LogP) is 8.69. The van der Waals surface area contributed by atoms with Crippen LogP contribution in [0.25, 0.3) is 22.0 Å². The number of phosphoric ester groups is 1. The van der Waals surface area contributed by atoms with E-state index in [1.165, 1.54) is 38.1 Å². The zero-order valence-electron chi connectivity index (χ0n) is 43.5. The third-order valence-corrected chi connectivity index (χ3v) is 17.9. The van der Waals surface area contributed by atoms with Crippen molar-refractivity contribution in [3.8, 4) is 11.1 Å². The number of rotatable bonds is 20. The fourth-order valence-corrected chi connectivity index (χ4v) is 11.3. The van der Waals surface area contributed by atoms with E-state index in [9.17, 15) is 76.2 Å². The summed E-state index contributed by atoms with van der Waals surface area (Å²) in [7, 11) is -12.8. The molecule has 1 unspecified atom stereocenters. The van der Waals surface area contributed by atoms with Crippen LogP contribution >= 0.6 is 19.4 Å². The Morgan fingerprint density at radius 3 is 2.15 bits per heavy atom. The Balaban J connectivity index is 1.48. The average Bonchev–Trinajstić information content (AvgIpc) is 3.96. The number of sulfone groups is 1. The Bertz CT molecular complexity index is 3670. The molecule has 1 aliphatic rings. The number of pyridine rings is 2. The van der Waals surface area contributed by atoms with Gasteiger partial charge in [-0.25, -0.2) is 39.5 Å². The minimum Gasteiger partial charge on any atom is -0.355 e. The van der Waals surface area contributed by atoms with Crippen LogP contribution in [0.4, 0.5) is 55.5 Å². The molecule has 0 bridgehead atoms. The molecule has 2 aromatic carbocycles. The second-order valence-corrected chi connectivity index (χ2v) is 26.2. The van der Waals surface area contributed by atoms with Gasteiger partial charge in [0.15, 0.2) is 21.3 Å². The number of halogens is 11. The average molecular weight is 1230 g/mol. The number of aliphatic hydroxyl groups is 1. The van der Waals surface area contributed by atoms with Crippen molar-refractivity contribution < 1.29 is 89.5 Å². The Hall–Kier alpha value is -5.95. The second kappa shape index (κ2) is 22.3. The first-order valence-corrected chi connectivity index (χ1v) is 29.6. The van der Waals surface area contributed by atoms with Crippen molar-refractivity contribution in [3.05, 3.63) is 117 Å². The third-order valence-electron chi connectivity index (χ3n) is 13.8. The number of sulfonamides is 1. The van der Waals surface area contributed by atoms with Crippen molar-refractivity contribution in [1.29, 1.82) is 0 Å². The molecule has 4 heterocycles. The Morgan fingerprint density at radius 2 is 1.57 bits per heavy atom. The van der Waals surface area contributed by atoms with E-state index in [1.807, 2.05) is 0 Å². The van der Waals surface area contributed by atoms with Gasteiger partial charge in [0.05, 0.1) is 45.3 Å². The molecule has 4 aromatic heterocycles. The molecular formula is C48H51ClF10N9O10PS2. The van der Waals surface area contributed by atoms with Gasteiger partial charge in [-0.15, -0.1) is 0 Å². The van der Waals surface area contributed by atoms with Gasteiger partial charge in [-0.05, 0) is 74.9 Å². The zero-order chi connectivity index (χ0) is 60.5. The van der Waals surface area contributed by atoms with Crippen LogP contribution in [-0.2, 0) is 78.4 Å². The molecule has 0 fully saturated rings. The molecule has 0 radical (unpaired) electrons. The van der Waals surface area contributed by atoms with Crippen LogP contribution in [0.3, 0.4) is 0 Å². The molecule has 6 aromatic rings. The molecule has 33 heteroatoms. The number of hydrogen-bond donors (Lipinski definition) is 4. The molecule has 0 saturated heterocycles. The maximum atomic E-state index is 15.9. The molecule has 1 amide bonds. The van der Waals surface area contributed by atoms with Gasteiger partial charge in [0.1, 0.15) is 36.2 Å². The topological polar surface area (TPSA) is 252 Å². The first-order chi connectivity index (χ1) is 37.1. The standard InChI is InChI=1S/C48H51ClF10N9O10PS2/c1-24-25(2)47(55,56)41-36(24)40(48(57,58)59)63-66(41)21-35(69)62-34(19-26-17-28(50)20-29(51)18-26)38-31(11-10-30(61-38)14-15-45(3,4)80(6,74)75)32-12-13-33(49)37-39(32)67(23-46(52,53)54)64-43(37)68(81(7,76)77)44(70)65(5)42-27(9-8-16-60-42)22-78-79(71,72)73/h8-13,16-18,20,24-25,34,44,70H,14-15,19,21-23H2,1-7H3,(H,62,69)(H2,71,72,73)/t24-,25+,34-,44?/m0/s1. The van der Waals surface area contributed by atoms with Gasteiger partial charge in [0, 0.05) is 59.4 Å². The van der Waals surface area contributed by atoms with E-state index in [4.69, 9.17) is 16.6 Å². The van der Waals surface area contributed by atoms with Crippen LogP contribution < -0.4 is 14.5 Å². The fraction of sp³-hybridized carbons (Fsp3) is 0.438. The van der Waals surface area contributed by atoms with E-state index in [-0.39, 0.29) is 60.3 Å². The molecule has 19 nitrogen and oxygen atoms in total. The first-order valence-electron chi connectivity index (χ1n) is 23.9. The largest absolute Gasteiger partial charge is 0.469 e. The van der Waals surface area contributed by atoms with Crippen molar-refractivity contribution in [2.75, 3.05) is 28.8 Å². The number of anilines is 2. The number of fused-ring (bicyclic) bond motifs is 2. The highest BCUT2D eigenvalue weighted by molar-refractivity contribution is 7.92. The quantitative estimate of drug-likeness (QED) is 0.0317. The smallest absolute Gasteiger partial charge is 0.355 e. The van der Waals surface area contributed by atoms with Gasteiger partial charge in [-0.2, -0.15) is 45.3 Å².